The number of hydrogen-bond acceptors (Lipinski definition) is 8. The second-order valence-electron chi connectivity index (χ2n) is 7.41. The maximum atomic E-state index is 12.9. The maximum Gasteiger partial charge on any atom is 0.417 e. The summed E-state index contributed by atoms with van der Waals surface area (Å²) < 4.78 is 57.2. The Balaban J connectivity index is 1.36. The van der Waals surface area contributed by atoms with Gasteiger partial charge in [0.15, 0.2) is 0 Å². The highest BCUT2D eigenvalue weighted by Gasteiger charge is 2.30. The van der Waals surface area contributed by atoms with Crippen LogP contribution in [-0.4, -0.2) is 68.2 Å². The number of likely N-dealkylation sites (N-methyl/N-ethyl adjacent to an activating group) is 1. The average molecular weight is 510 g/mol. The molecule has 15 heteroatoms. The fourth-order valence-electron chi connectivity index (χ4n) is 2.78. The molecular formula is C21H22F4N8O3. The summed E-state index contributed by atoms with van der Waals surface area (Å²) in [5.41, 5.74) is -0.493. The van der Waals surface area contributed by atoms with Crippen molar-refractivity contribution in [3.05, 3.63) is 54.6 Å². The number of pyridine rings is 1. The minimum atomic E-state index is -4.48. The van der Waals surface area contributed by atoms with Crippen LogP contribution in [0.25, 0.3) is 0 Å². The number of aromatic nitrogens is 5. The lowest BCUT2D eigenvalue weighted by Gasteiger charge is -2.17. The van der Waals surface area contributed by atoms with Crippen molar-refractivity contribution in [2.24, 2.45) is 0 Å². The molecule has 11 nitrogen and oxygen atoms in total. The zero-order valence-electron chi connectivity index (χ0n) is 19.0. The van der Waals surface area contributed by atoms with Crippen LogP contribution < -0.4 is 15.4 Å². The van der Waals surface area contributed by atoms with Gasteiger partial charge in [-0.15, -0.1) is 0 Å². The van der Waals surface area contributed by atoms with Crippen molar-refractivity contribution in [3.63, 3.8) is 0 Å². The molecule has 0 spiro atoms. The summed E-state index contributed by atoms with van der Waals surface area (Å²) in [6, 6.07) is 3.44. The van der Waals surface area contributed by atoms with E-state index in [4.69, 9.17) is 4.74 Å². The number of nitrogens with zero attached hydrogens (tertiary/aromatic N) is 6. The lowest BCUT2D eigenvalue weighted by molar-refractivity contribution is -0.138. The van der Waals surface area contributed by atoms with E-state index < -0.39 is 17.8 Å². The normalized spacial score (nSPS) is 11.1. The molecule has 2 amide bonds. The van der Waals surface area contributed by atoms with Gasteiger partial charge < -0.3 is 20.3 Å². The van der Waals surface area contributed by atoms with Gasteiger partial charge in [-0.05, 0) is 12.1 Å². The Labute approximate surface area is 202 Å². The first-order valence-corrected chi connectivity index (χ1v) is 10.5. The third-order valence-electron chi connectivity index (χ3n) is 4.66. The first-order valence-electron chi connectivity index (χ1n) is 10.5. The van der Waals surface area contributed by atoms with E-state index in [-0.39, 0.29) is 56.2 Å². The van der Waals surface area contributed by atoms with Gasteiger partial charge in [-0.25, -0.2) is 9.97 Å². The second-order valence-corrected chi connectivity index (χ2v) is 7.41. The number of anilines is 2. The summed E-state index contributed by atoms with van der Waals surface area (Å²) in [4.78, 5) is 36.3. The Bertz CT molecular complexity index is 1170. The molecule has 0 aliphatic heterocycles. The van der Waals surface area contributed by atoms with Crippen LogP contribution in [0.5, 0.6) is 5.88 Å². The van der Waals surface area contributed by atoms with Gasteiger partial charge in [-0.2, -0.15) is 27.6 Å². The number of halogens is 4. The van der Waals surface area contributed by atoms with Crippen LogP contribution in [0.4, 0.5) is 29.1 Å². The molecule has 3 rings (SSSR count). The van der Waals surface area contributed by atoms with Crippen molar-refractivity contribution >= 4 is 23.3 Å². The van der Waals surface area contributed by atoms with Gasteiger partial charge in [-0.1, -0.05) is 0 Å². The number of alkyl halides is 3. The van der Waals surface area contributed by atoms with Gasteiger partial charge in [0.05, 0.1) is 24.0 Å². The highest BCUT2D eigenvalue weighted by molar-refractivity contribution is 5.90. The zero-order chi connectivity index (χ0) is 26.1. The molecule has 192 valence electrons. The van der Waals surface area contributed by atoms with E-state index in [1.54, 1.807) is 0 Å². The third kappa shape index (κ3) is 8.18. The summed E-state index contributed by atoms with van der Waals surface area (Å²) in [6.45, 7) is 0.293. The molecule has 3 aromatic rings. The number of nitrogens with one attached hydrogen (secondary N) is 2. The Morgan fingerprint density at radius 3 is 2.67 bits per heavy atom. The van der Waals surface area contributed by atoms with E-state index >= 15 is 0 Å². The van der Waals surface area contributed by atoms with Crippen molar-refractivity contribution in [3.8, 4) is 5.88 Å². The summed E-state index contributed by atoms with van der Waals surface area (Å²) in [6.07, 6.45) is -0.482. The summed E-state index contributed by atoms with van der Waals surface area (Å²) >= 11 is 0. The van der Waals surface area contributed by atoms with E-state index in [1.807, 2.05) is 0 Å². The molecule has 0 bridgehead atoms. The van der Waals surface area contributed by atoms with Crippen molar-refractivity contribution in [1.29, 1.82) is 0 Å². The fraction of sp³-hybridized carbons (Fsp3) is 0.333. The Morgan fingerprint density at radius 1 is 1.17 bits per heavy atom. The zero-order valence-corrected chi connectivity index (χ0v) is 19.0. The van der Waals surface area contributed by atoms with Gasteiger partial charge in [0, 0.05) is 44.7 Å². The van der Waals surface area contributed by atoms with Crippen LogP contribution in [-0.2, 0) is 22.3 Å². The van der Waals surface area contributed by atoms with Crippen LogP contribution in [0.2, 0.25) is 0 Å². The standard InChI is InChI=1S/C21H22F4N8O3/c1-32(8-9-36-18-3-2-14(10-28-18)21(23,24)25)19(35)13-33-12-15(11-29-33)30-17(34)5-7-26-16-4-6-27-20(22)31-16/h2-4,6,10-12H,5,7-9,13H2,1H3,(H,30,34)(H,26,27,31). The van der Waals surface area contributed by atoms with Crippen LogP contribution in [0.15, 0.2) is 43.0 Å². The van der Waals surface area contributed by atoms with Gasteiger partial charge >= 0.3 is 12.3 Å². The van der Waals surface area contributed by atoms with Gasteiger partial charge in [0.25, 0.3) is 0 Å². The highest BCUT2D eigenvalue weighted by atomic mass is 19.4. The number of ether oxygens (including phenoxy) is 1. The fourth-order valence-corrected chi connectivity index (χ4v) is 2.78. The summed E-state index contributed by atoms with van der Waals surface area (Å²) in [7, 11) is 1.54. The maximum absolute atomic E-state index is 12.9. The Kier molecular flexibility index (Phi) is 8.70. The Morgan fingerprint density at radius 2 is 1.97 bits per heavy atom. The van der Waals surface area contributed by atoms with Gasteiger partial charge in [0.1, 0.15) is 19.0 Å². The predicted octanol–water partition coefficient (Wildman–Crippen LogP) is 2.20. The number of rotatable bonds is 11. The molecule has 0 aliphatic rings. The average Bonchev–Trinajstić information content (AvgIpc) is 3.25. The number of carbonyl (C=O) groups excluding carboxylic acids is 2. The molecule has 36 heavy (non-hydrogen) atoms. The smallest absolute Gasteiger partial charge is 0.417 e. The quantitative estimate of drug-likeness (QED) is 0.297. The van der Waals surface area contributed by atoms with Crippen LogP contribution in [0.3, 0.4) is 0 Å². The van der Waals surface area contributed by atoms with Crippen LogP contribution in [0.1, 0.15) is 12.0 Å². The van der Waals surface area contributed by atoms with Gasteiger partial charge in [0.2, 0.25) is 17.7 Å². The number of hydrogen-bond donors (Lipinski definition) is 2. The lowest BCUT2D eigenvalue weighted by Crippen LogP contribution is -2.33. The molecule has 0 radical (unpaired) electrons. The Hall–Kier alpha value is -4.30. The van der Waals surface area contributed by atoms with Gasteiger partial charge in [-0.3, -0.25) is 14.3 Å². The first kappa shape index (κ1) is 26.3. The molecular weight excluding hydrogens is 488 g/mol. The minimum absolute atomic E-state index is 0.00992. The van der Waals surface area contributed by atoms with E-state index in [0.717, 1.165) is 12.1 Å². The van der Waals surface area contributed by atoms with Crippen molar-refractivity contribution < 1.29 is 31.9 Å². The molecule has 0 aromatic carbocycles. The highest BCUT2D eigenvalue weighted by Crippen LogP contribution is 2.29. The molecule has 0 atom stereocenters. The molecule has 0 saturated carbocycles. The van der Waals surface area contributed by atoms with E-state index in [0.29, 0.717) is 11.9 Å². The monoisotopic (exact) mass is 510 g/mol. The van der Waals surface area contributed by atoms with Crippen LogP contribution >= 0.6 is 0 Å². The SMILES string of the molecule is CN(CCOc1ccc(C(F)(F)F)cn1)C(=O)Cn1cc(NC(=O)CCNc2ccnc(F)n2)cn1. The molecule has 3 aromatic heterocycles. The van der Waals surface area contributed by atoms with Crippen LogP contribution in [0, 0.1) is 6.08 Å². The largest absolute Gasteiger partial charge is 0.476 e. The van der Waals surface area contributed by atoms with Crippen molar-refractivity contribution in [2.75, 3.05) is 37.4 Å². The molecule has 0 aliphatic carbocycles. The molecule has 0 unspecified atom stereocenters. The van der Waals surface area contributed by atoms with Crippen molar-refractivity contribution in [1.82, 2.24) is 29.6 Å². The first-order chi connectivity index (χ1) is 17.1. The summed E-state index contributed by atoms with van der Waals surface area (Å²) in [5, 5.41) is 9.47. The van der Waals surface area contributed by atoms with Crippen molar-refractivity contribution in [2.45, 2.75) is 19.1 Å². The number of amides is 2. The lowest BCUT2D eigenvalue weighted by atomic mass is 10.3. The molecule has 2 N–H and O–H groups in total. The predicted molar refractivity (Wildman–Crippen MR) is 118 cm³/mol. The van der Waals surface area contributed by atoms with E-state index in [2.05, 4.69) is 30.7 Å². The topological polar surface area (TPSA) is 127 Å². The van der Waals surface area contributed by atoms with E-state index in [1.165, 1.54) is 41.3 Å². The molecule has 3 heterocycles. The summed E-state index contributed by atoms with van der Waals surface area (Å²) in [5.74, 6) is -0.363. The third-order valence-corrected chi connectivity index (χ3v) is 4.66. The molecule has 0 saturated heterocycles. The molecule has 0 fully saturated rings. The minimum Gasteiger partial charge on any atom is -0.476 e. The number of carbonyl (C=O) groups is 2. The second kappa shape index (κ2) is 11.9. The van der Waals surface area contributed by atoms with E-state index in [9.17, 15) is 27.2 Å².